The number of hydrogen-bond donors (Lipinski definition) is 0. The van der Waals surface area contributed by atoms with Gasteiger partial charge in [-0.25, -0.2) is 4.39 Å². The van der Waals surface area contributed by atoms with Gasteiger partial charge in [0, 0.05) is 19.2 Å². The summed E-state index contributed by atoms with van der Waals surface area (Å²) < 4.78 is 14.7. The molecule has 0 aliphatic heterocycles. The predicted molar refractivity (Wildman–Crippen MR) is 79.5 cm³/mol. The van der Waals surface area contributed by atoms with Gasteiger partial charge in [-0.15, -0.1) is 0 Å². The molecule has 0 saturated heterocycles. The number of alkyl halides is 1. The maximum atomic E-state index is 14.7. The van der Waals surface area contributed by atoms with E-state index in [4.69, 9.17) is 0 Å². The topological polar surface area (TPSA) is 32.7 Å². The lowest BCUT2D eigenvalue weighted by molar-refractivity contribution is 0.00531. The van der Waals surface area contributed by atoms with E-state index in [2.05, 4.69) is 5.18 Å². The van der Waals surface area contributed by atoms with Crippen LogP contribution in [0.2, 0.25) is 0 Å². The number of likely N-dealkylation sites (N-methyl/N-ethyl adjacent to an activating group) is 1. The van der Waals surface area contributed by atoms with E-state index < -0.39 is 11.3 Å². The molecule has 0 heterocycles. The minimum Gasteiger partial charge on any atom is -0.343 e. The van der Waals surface area contributed by atoms with Gasteiger partial charge in [-0.1, -0.05) is 29.5 Å². The molecule has 4 heteroatoms. The van der Waals surface area contributed by atoms with Crippen LogP contribution >= 0.6 is 0 Å². The summed E-state index contributed by atoms with van der Waals surface area (Å²) in [6.45, 7) is 8.51. The van der Waals surface area contributed by atoms with Crippen molar-refractivity contribution in [2.45, 2.75) is 52.4 Å². The summed E-state index contributed by atoms with van der Waals surface area (Å²) in [5.74, 6) is -1.64. The fourth-order valence-corrected chi connectivity index (χ4v) is 1.88. The van der Waals surface area contributed by atoms with Crippen LogP contribution in [0, 0.1) is 4.91 Å². The second kappa shape index (κ2) is 7.22. The van der Waals surface area contributed by atoms with Crippen LogP contribution in [0.15, 0.2) is 41.3 Å². The Morgan fingerprint density at radius 3 is 2.26 bits per heavy atom. The molecule has 108 valence electrons. The lowest BCUT2D eigenvalue weighted by Gasteiger charge is -2.37. The summed E-state index contributed by atoms with van der Waals surface area (Å²) in [5.41, 5.74) is -0.172. The Bertz CT molecular complexity index is 382. The summed E-state index contributed by atoms with van der Waals surface area (Å²) in [6.07, 6.45) is 9.33. The zero-order valence-electron chi connectivity index (χ0n) is 12.8. The van der Waals surface area contributed by atoms with E-state index >= 15 is 0 Å². The van der Waals surface area contributed by atoms with Crippen LogP contribution in [-0.4, -0.2) is 23.3 Å². The average Bonchev–Trinajstić information content (AvgIpc) is 2.33. The maximum absolute atomic E-state index is 14.7. The highest BCUT2D eigenvalue weighted by Crippen LogP contribution is 2.31. The molecule has 0 amide bonds. The minimum absolute atomic E-state index is 0.0365. The highest BCUT2D eigenvalue weighted by atomic mass is 19.1. The van der Waals surface area contributed by atoms with Crippen molar-refractivity contribution in [2.75, 3.05) is 7.05 Å². The molecule has 3 nitrogen and oxygen atoms in total. The first-order valence-electron chi connectivity index (χ1n) is 6.43. The highest BCUT2D eigenvalue weighted by molar-refractivity contribution is 5.21. The maximum Gasteiger partial charge on any atom is 0.182 e. The molecule has 0 aliphatic carbocycles. The third-order valence-corrected chi connectivity index (χ3v) is 2.96. The van der Waals surface area contributed by atoms with Crippen LogP contribution in [-0.2, 0) is 0 Å². The van der Waals surface area contributed by atoms with E-state index in [-0.39, 0.29) is 6.42 Å². The van der Waals surface area contributed by atoms with Crippen molar-refractivity contribution in [3.05, 3.63) is 41.0 Å². The van der Waals surface area contributed by atoms with Crippen LogP contribution in [0.3, 0.4) is 0 Å². The van der Waals surface area contributed by atoms with Crippen molar-refractivity contribution in [1.82, 2.24) is 4.90 Å². The SMILES string of the molecule is C\C=C/C=C\C(=C/C)N(C)C(C)(F)CC(C)(C)N=O. The van der Waals surface area contributed by atoms with Crippen LogP contribution in [0.25, 0.3) is 0 Å². The zero-order chi connectivity index (χ0) is 15.1. The molecular formula is C15H25FN2O. The number of nitroso groups, excluding NO2 is 1. The third-order valence-electron chi connectivity index (χ3n) is 2.96. The molecule has 0 spiro atoms. The van der Waals surface area contributed by atoms with Crippen molar-refractivity contribution in [1.29, 1.82) is 0 Å². The minimum atomic E-state index is -1.64. The zero-order valence-corrected chi connectivity index (χ0v) is 12.8. The van der Waals surface area contributed by atoms with Crippen LogP contribution < -0.4 is 0 Å². The van der Waals surface area contributed by atoms with Gasteiger partial charge in [0.15, 0.2) is 5.79 Å². The van der Waals surface area contributed by atoms with Crippen LogP contribution in [0.4, 0.5) is 4.39 Å². The third kappa shape index (κ3) is 5.81. The largest absolute Gasteiger partial charge is 0.343 e. The van der Waals surface area contributed by atoms with E-state index in [0.29, 0.717) is 0 Å². The molecule has 0 N–H and O–H groups in total. The van der Waals surface area contributed by atoms with E-state index in [9.17, 15) is 9.30 Å². The highest BCUT2D eigenvalue weighted by Gasteiger charge is 2.37. The second-order valence-electron chi connectivity index (χ2n) is 5.38. The van der Waals surface area contributed by atoms with Gasteiger partial charge in [-0.3, -0.25) is 0 Å². The molecule has 0 saturated carbocycles. The van der Waals surface area contributed by atoms with Crippen LogP contribution in [0.5, 0.6) is 0 Å². The van der Waals surface area contributed by atoms with Crippen molar-refractivity contribution in [3.8, 4) is 0 Å². The molecule has 1 unspecified atom stereocenters. The lowest BCUT2D eigenvalue weighted by Crippen LogP contribution is -2.43. The summed E-state index contributed by atoms with van der Waals surface area (Å²) in [6, 6.07) is 0. The van der Waals surface area contributed by atoms with E-state index in [1.165, 1.54) is 11.8 Å². The van der Waals surface area contributed by atoms with E-state index in [0.717, 1.165) is 5.70 Å². The fraction of sp³-hybridized carbons (Fsp3) is 0.600. The molecule has 0 fully saturated rings. The summed E-state index contributed by atoms with van der Waals surface area (Å²) >= 11 is 0. The molecular weight excluding hydrogens is 243 g/mol. The summed E-state index contributed by atoms with van der Waals surface area (Å²) in [5, 5.41) is 2.98. The average molecular weight is 268 g/mol. The summed E-state index contributed by atoms with van der Waals surface area (Å²) in [7, 11) is 1.68. The van der Waals surface area contributed by atoms with Crippen molar-refractivity contribution < 1.29 is 4.39 Å². The van der Waals surface area contributed by atoms with E-state index in [1.807, 2.05) is 44.2 Å². The molecule has 19 heavy (non-hydrogen) atoms. The lowest BCUT2D eigenvalue weighted by atomic mass is 9.94. The van der Waals surface area contributed by atoms with Crippen molar-refractivity contribution in [3.63, 3.8) is 0 Å². The Labute approximate surface area is 115 Å². The molecule has 0 aliphatic rings. The van der Waals surface area contributed by atoms with Gasteiger partial charge in [0.1, 0.15) is 5.54 Å². The van der Waals surface area contributed by atoms with Crippen molar-refractivity contribution >= 4 is 0 Å². The Morgan fingerprint density at radius 1 is 1.26 bits per heavy atom. The number of rotatable bonds is 7. The molecule has 0 radical (unpaired) electrons. The predicted octanol–water partition coefficient (Wildman–Crippen LogP) is 4.58. The number of halogens is 1. The fourth-order valence-electron chi connectivity index (χ4n) is 1.88. The monoisotopic (exact) mass is 268 g/mol. The Kier molecular flexibility index (Phi) is 6.67. The molecule has 0 aromatic rings. The molecule has 0 aromatic carbocycles. The van der Waals surface area contributed by atoms with Gasteiger partial charge < -0.3 is 4.90 Å². The Hall–Kier alpha value is -1.45. The van der Waals surface area contributed by atoms with Gasteiger partial charge in [0.05, 0.1) is 0 Å². The normalized spacial score (nSPS) is 16.9. The quantitative estimate of drug-likeness (QED) is 0.385. The van der Waals surface area contributed by atoms with Gasteiger partial charge in [0.25, 0.3) is 0 Å². The van der Waals surface area contributed by atoms with Gasteiger partial charge in [-0.2, -0.15) is 4.91 Å². The first kappa shape index (κ1) is 17.6. The molecule has 0 rings (SSSR count). The van der Waals surface area contributed by atoms with Crippen LogP contribution in [0.1, 0.15) is 41.0 Å². The van der Waals surface area contributed by atoms with Gasteiger partial charge >= 0.3 is 0 Å². The number of nitrogens with zero attached hydrogens (tertiary/aromatic N) is 2. The van der Waals surface area contributed by atoms with Gasteiger partial charge in [0.2, 0.25) is 0 Å². The summed E-state index contributed by atoms with van der Waals surface area (Å²) in [4.78, 5) is 12.2. The molecule has 0 aromatic heterocycles. The Balaban J connectivity index is 5.04. The van der Waals surface area contributed by atoms with Gasteiger partial charge in [-0.05, 0) is 40.7 Å². The molecule has 1 atom stereocenters. The smallest absolute Gasteiger partial charge is 0.182 e. The van der Waals surface area contributed by atoms with E-state index in [1.54, 1.807) is 20.9 Å². The number of allylic oxidation sites excluding steroid dienone is 5. The van der Waals surface area contributed by atoms with Crippen molar-refractivity contribution in [2.24, 2.45) is 5.18 Å². The first-order chi connectivity index (χ1) is 8.70. The first-order valence-corrected chi connectivity index (χ1v) is 6.43. The standard InChI is InChI=1S/C15H25FN2O/c1-7-9-10-11-13(8-2)18(6)15(5,16)12-14(3,4)17-19/h7-11H,12H2,1-6H3/b9-7-,11-10-,13-8+. The molecule has 0 bridgehead atoms. The second-order valence-corrected chi connectivity index (χ2v) is 5.38. The Morgan fingerprint density at radius 2 is 1.84 bits per heavy atom. The number of hydrogen-bond acceptors (Lipinski definition) is 3.